The molecule has 22 heavy (non-hydrogen) atoms. The molecule has 3 aromatic heterocycles. The van der Waals surface area contributed by atoms with Crippen LogP contribution in [0.5, 0.6) is 0 Å². The Morgan fingerprint density at radius 1 is 0.818 bits per heavy atom. The van der Waals surface area contributed by atoms with Gasteiger partial charge < -0.3 is 0 Å². The number of aromatic nitrogens is 4. The number of hydrogen-bond acceptors (Lipinski definition) is 3. The molecule has 0 fully saturated rings. The zero-order chi connectivity index (χ0) is 14.9. The summed E-state index contributed by atoms with van der Waals surface area (Å²) in [5.41, 5.74) is 4.09. The Kier molecular flexibility index (Phi) is 3.20. The minimum atomic E-state index is 0.828. The van der Waals surface area contributed by atoms with Gasteiger partial charge in [-0.15, -0.1) is 10.2 Å². The molecule has 5 heteroatoms. The Bertz CT molecular complexity index is 930. The smallest absolute Gasteiger partial charge is 0.168 e. The summed E-state index contributed by atoms with van der Waals surface area (Å²) in [4.78, 5) is 4.15. The lowest BCUT2D eigenvalue weighted by atomic mass is 10.1. The van der Waals surface area contributed by atoms with Gasteiger partial charge in [-0.2, -0.15) is 0 Å². The van der Waals surface area contributed by atoms with Crippen molar-refractivity contribution < 1.29 is 0 Å². The van der Waals surface area contributed by atoms with Crippen LogP contribution in [0.25, 0.3) is 28.2 Å². The molecule has 0 aliphatic heterocycles. The first kappa shape index (κ1) is 13.2. The van der Waals surface area contributed by atoms with E-state index in [-0.39, 0.29) is 0 Å². The van der Waals surface area contributed by atoms with Crippen LogP contribution in [0.15, 0.2) is 71.6 Å². The lowest BCUT2D eigenvalue weighted by Gasteiger charge is -2.04. The van der Waals surface area contributed by atoms with Crippen molar-refractivity contribution in [3.8, 4) is 22.5 Å². The van der Waals surface area contributed by atoms with Crippen molar-refractivity contribution in [1.82, 2.24) is 19.6 Å². The SMILES string of the molecule is Brc1ccc2nnc(-c3ccc(-c4cccnc4)cc3)n2c1. The first-order chi connectivity index (χ1) is 10.8. The molecule has 3 heterocycles. The van der Waals surface area contributed by atoms with Crippen LogP contribution in [-0.4, -0.2) is 19.6 Å². The zero-order valence-electron chi connectivity index (χ0n) is 11.5. The molecule has 0 amide bonds. The van der Waals surface area contributed by atoms with Gasteiger partial charge >= 0.3 is 0 Å². The van der Waals surface area contributed by atoms with E-state index in [1.165, 1.54) is 0 Å². The van der Waals surface area contributed by atoms with Crippen molar-refractivity contribution in [2.75, 3.05) is 0 Å². The van der Waals surface area contributed by atoms with Gasteiger partial charge in [-0.25, -0.2) is 0 Å². The molecule has 0 unspecified atom stereocenters. The summed E-state index contributed by atoms with van der Waals surface area (Å²) in [6.45, 7) is 0. The van der Waals surface area contributed by atoms with E-state index in [0.29, 0.717) is 0 Å². The average molecular weight is 351 g/mol. The van der Waals surface area contributed by atoms with Crippen molar-refractivity contribution in [1.29, 1.82) is 0 Å². The molecule has 0 aliphatic rings. The highest BCUT2D eigenvalue weighted by molar-refractivity contribution is 9.10. The lowest BCUT2D eigenvalue weighted by Crippen LogP contribution is -1.89. The van der Waals surface area contributed by atoms with Gasteiger partial charge in [0.2, 0.25) is 0 Å². The fourth-order valence-electron chi connectivity index (χ4n) is 2.41. The molecule has 1 aromatic carbocycles. The predicted octanol–water partition coefficient (Wildman–Crippen LogP) is 4.22. The molecule has 0 N–H and O–H groups in total. The Labute approximate surface area is 135 Å². The normalized spacial score (nSPS) is 11.0. The molecule has 4 nitrogen and oxygen atoms in total. The number of fused-ring (bicyclic) bond motifs is 1. The maximum absolute atomic E-state index is 4.29. The third-order valence-electron chi connectivity index (χ3n) is 3.50. The zero-order valence-corrected chi connectivity index (χ0v) is 13.1. The molecule has 106 valence electrons. The van der Waals surface area contributed by atoms with Crippen LogP contribution in [0.1, 0.15) is 0 Å². The van der Waals surface area contributed by atoms with Gasteiger partial charge in [0.05, 0.1) is 0 Å². The van der Waals surface area contributed by atoms with Gasteiger partial charge in [0.15, 0.2) is 11.5 Å². The predicted molar refractivity (Wildman–Crippen MR) is 89.4 cm³/mol. The molecule has 4 aromatic rings. The monoisotopic (exact) mass is 350 g/mol. The van der Waals surface area contributed by atoms with Crippen LogP contribution in [0.2, 0.25) is 0 Å². The summed E-state index contributed by atoms with van der Waals surface area (Å²) in [7, 11) is 0. The summed E-state index contributed by atoms with van der Waals surface area (Å²) in [5.74, 6) is 0.828. The molecule has 4 rings (SSSR count). The molecule has 0 saturated carbocycles. The summed E-state index contributed by atoms with van der Waals surface area (Å²) < 4.78 is 2.97. The van der Waals surface area contributed by atoms with Crippen LogP contribution in [0.4, 0.5) is 0 Å². The van der Waals surface area contributed by atoms with Crippen LogP contribution < -0.4 is 0 Å². The van der Waals surface area contributed by atoms with Crippen molar-refractivity contribution in [2.45, 2.75) is 0 Å². The Hall–Kier alpha value is -2.53. The largest absolute Gasteiger partial charge is 0.281 e. The molecule has 0 bridgehead atoms. The third-order valence-corrected chi connectivity index (χ3v) is 3.97. The van der Waals surface area contributed by atoms with Crippen molar-refractivity contribution >= 4 is 21.6 Å². The second-order valence-electron chi connectivity index (χ2n) is 4.92. The quantitative estimate of drug-likeness (QED) is 0.543. The summed E-state index contributed by atoms with van der Waals surface area (Å²) >= 11 is 3.48. The third kappa shape index (κ3) is 2.29. The van der Waals surface area contributed by atoms with E-state index in [9.17, 15) is 0 Å². The maximum atomic E-state index is 4.29. The Morgan fingerprint density at radius 3 is 2.41 bits per heavy atom. The highest BCUT2D eigenvalue weighted by Gasteiger charge is 2.08. The number of halogens is 1. The Morgan fingerprint density at radius 2 is 1.64 bits per heavy atom. The molecule has 0 radical (unpaired) electrons. The molecular formula is C17H11BrN4. The highest BCUT2D eigenvalue weighted by Crippen LogP contribution is 2.24. The van der Waals surface area contributed by atoms with Crippen LogP contribution in [0.3, 0.4) is 0 Å². The minimum Gasteiger partial charge on any atom is -0.281 e. The van der Waals surface area contributed by atoms with Gasteiger partial charge in [-0.1, -0.05) is 30.3 Å². The number of hydrogen-bond donors (Lipinski definition) is 0. The van der Waals surface area contributed by atoms with Gasteiger partial charge in [0, 0.05) is 28.6 Å². The fraction of sp³-hybridized carbons (Fsp3) is 0. The first-order valence-electron chi connectivity index (χ1n) is 6.82. The van der Waals surface area contributed by atoms with Crippen molar-refractivity contribution in [2.24, 2.45) is 0 Å². The van der Waals surface area contributed by atoms with Crippen molar-refractivity contribution in [3.05, 3.63) is 71.6 Å². The summed E-state index contributed by atoms with van der Waals surface area (Å²) in [5, 5.41) is 8.49. The first-order valence-corrected chi connectivity index (χ1v) is 7.62. The van der Waals surface area contributed by atoms with Crippen LogP contribution >= 0.6 is 15.9 Å². The van der Waals surface area contributed by atoms with E-state index in [2.05, 4.69) is 55.4 Å². The molecule has 0 aliphatic carbocycles. The molecule has 0 saturated heterocycles. The van der Waals surface area contributed by atoms with E-state index in [1.54, 1.807) is 6.20 Å². The lowest BCUT2D eigenvalue weighted by molar-refractivity contribution is 1.11. The molecular weight excluding hydrogens is 340 g/mol. The van der Waals surface area contributed by atoms with Crippen molar-refractivity contribution in [3.63, 3.8) is 0 Å². The maximum Gasteiger partial charge on any atom is 0.168 e. The van der Waals surface area contributed by atoms with Gasteiger partial charge in [-0.3, -0.25) is 9.38 Å². The van der Waals surface area contributed by atoms with E-state index >= 15 is 0 Å². The summed E-state index contributed by atoms with van der Waals surface area (Å²) in [6.07, 6.45) is 5.61. The molecule has 0 spiro atoms. The standard InChI is InChI=1S/C17H11BrN4/c18-15-7-8-16-20-21-17(22(16)11-15)13-5-3-12(4-6-13)14-2-1-9-19-10-14/h1-11H. The number of pyridine rings is 2. The van der Waals surface area contributed by atoms with E-state index in [4.69, 9.17) is 0 Å². The second-order valence-corrected chi connectivity index (χ2v) is 5.83. The van der Waals surface area contributed by atoms with E-state index in [1.807, 2.05) is 41.1 Å². The van der Waals surface area contributed by atoms with Gasteiger partial charge in [0.25, 0.3) is 0 Å². The number of benzene rings is 1. The molecule has 0 atom stereocenters. The number of rotatable bonds is 2. The second kappa shape index (κ2) is 5.35. The minimum absolute atomic E-state index is 0.828. The topological polar surface area (TPSA) is 43.1 Å². The van der Waals surface area contributed by atoms with Crippen LogP contribution in [0, 0.1) is 0 Å². The van der Waals surface area contributed by atoms with Crippen LogP contribution in [-0.2, 0) is 0 Å². The number of nitrogens with zero attached hydrogens (tertiary/aromatic N) is 4. The highest BCUT2D eigenvalue weighted by atomic mass is 79.9. The fourth-order valence-corrected chi connectivity index (χ4v) is 2.74. The van der Waals surface area contributed by atoms with Gasteiger partial charge in [0.1, 0.15) is 0 Å². The summed E-state index contributed by atoms with van der Waals surface area (Å²) in [6, 6.07) is 16.1. The van der Waals surface area contributed by atoms with Gasteiger partial charge in [-0.05, 0) is 45.3 Å². The Balaban J connectivity index is 1.78. The van der Waals surface area contributed by atoms with E-state index in [0.717, 1.165) is 32.6 Å². The average Bonchev–Trinajstić information content (AvgIpc) is 2.99. The van der Waals surface area contributed by atoms with E-state index < -0.39 is 0 Å².